The van der Waals surface area contributed by atoms with Gasteiger partial charge in [0.1, 0.15) is 0 Å². The van der Waals surface area contributed by atoms with E-state index in [2.05, 4.69) is 20.9 Å². The summed E-state index contributed by atoms with van der Waals surface area (Å²) in [6.07, 6.45) is 0. The van der Waals surface area contributed by atoms with Gasteiger partial charge in [-0.3, -0.25) is 9.59 Å². The van der Waals surface area contributed by atoms with Gasteiger partial charge >= 0.3 is 0 Å². The predicted molar refractivity (Wildman–Crippen MR) is 107 cm³/mol. The Balaban J connectivity index is 1.94. The third-order valence-corrected chi connectivity index (χ3v) is 4.79. The maximum Gasteiger partial charge on any atom is 0.236 e. The van der Waals surface area contributed by atoms with Gasteiger partial charge in [-0.1, -0.05) is 76.6 Å². The molecule has 0 bridgehead atoms. The third kappa shape index (κ3) is 2.89. The van der Waals surface area contributed by atoms with E-state index >= 15 is 0 Å². The largest absolute Gasteiger partial charge is 0.354 e. The Morgan fingerprint density at radius 1 is 0.769 bits per heavy atom. The molecule has 4 heteroatoms. The number of rotatable bonds is 4. The summed E-state index contributed by atoms with van der Waals surface area (Å²) in [5.41, 5.74) is 3.13. The summed E-state index contributed by atoms with van der Waals surface area (Å²) in [6, 6.07) is 23.9. The Kier molecular flexibility index (Phi) is 4.27. The molecule has 4 rings (SSSR count). The molecular weight excluding hydrogens is 390 g/mol. The number of carbonyl (C=O) groups excluding carboxylic acids is 2. The molecule has 0 spiro atoms. The van der Waals surface area contributed by atoms with Crippen LogP contribution in [0.25, 0.3) is 22.2 Å². The summed E-state index contributed by atoms with van der Waals surface area (Å²) < 4.78 is 0.852. The van der Waals surface area contributed by atoms with Crippen molar-refractivity contribution in [2.75, 3.05) is 0 Å². The smallest absolute Gasteiger partial charge is 0.236 e. The maximum absolute atomic E-state index is 13.1. The highest BCUT2D eigenvalue weighted by Gasteiger charge is 2.26. The van der Waals surface area contributed by atoms with Crippen LogP contribution in [0.4, 0.5) is 0 Å². The fraction of sp³-hybridized carbons (Fsp3) is 0. The van der Waals surface area contributed by atoms with Crippen LogP contribution in [0.3, 0.4) is 0 Å². The third-order valence-electron chi connectivity index (χ3n) is 4.29. The number of nitrogens with one attached hydrogen (secondary N) is 1. The first kappa shape index (κ1) is 16.5. The molecule has 3 nitrogen and oxygen atoms in total. The van der Waals surface area contributed by atoms with Crippen LogP contribution in [0, 0.1) is 0 Å². The van der Waals surface area contributed by atoms with Crippen LogP contribution in [0.1, 0.15) is 20.7 Å². The van der Waals surface area contributed by atoms with E-state index in [0.29, 0.717) is 16.8 Å². The first-order valence-corrected chi connectivity index (χ1v) is 8.95. The summed E-state index contributed by atoms with van der Waals surface area (Å²) >= 11 is 3.45. The number of ketones is 2. The van der Waals surface area contributed by atoms with Gasteiger partial charge in [0, 0.05) is 20.9 Å². The first-order valence-electron chi connectivity index (χ1n) is 8.16. The van der Waals surface area contributed by atoms with Crippen molar-refractivity contribution in [3.8, 4) is 11.3 Å². The minimum atomic E-state index is -0.514. The van der Waals surface area contributed by atoms with Crippen molar-refractivity contribution in [3.05, 3.63) is 94.5 Å². The standard InChI is InChI=1S/C22H14BrNO2/c23-16-11-12-18-17(13-16)19(20(24-18)14-7-3-1-4-8-14)22(26)21(25)15-9-5-2-6-10-15/h1-13,24H. The minimum absolute atomic E-state index is 0.390. The topological polar surface area (TPSA) is 49.9 Å². The highest BCUT2D eigenvalue weighted by atomic mass is 79.9. The van der Waals surface area contributed by atoms with Gasteiger partial charge in [-0.2, -0.15) is 0 Å². The average molecular weight is 404 g/mol. The van der Waals surface area contributed by atoms with E-state index in [1.165, 1.54) is 0 Å². The second kappa shape index (κ2) is 6.73. The fourth-order valence-electron chi connectivity index (χ4n) is 3.06. The zero-order valence-electron chi connectivity index (χ0n) is 13.7. The Bertz CT molecular complexity index is 1120. The summed E-state index contributed by atoms with van der Waals surface area (Å²) in [5, 5.41) is 0.729. The highest BCUT2D eigenvalue weighted by molar-refractivity contribution is 9.10. The van der Waals surface area contributed by atoms with E-state index in [9.17, 15) is 9.59 Å². The van der Waals surface area contributed by atoms with Gasteiger partial charge in [0.25, 0.3) is 0 Å². The lowest BCUT2D eigenvalue weighted by atomic mass is 9.96. The van der Waals surface area contributed by atoms with Crippen molar-refractivity contribution in [1.29, 1.82) is 0 Å². The quantitative estimate of drug-likeness (QED) is 0.352. The van der Waals surface area contributed by atoms with E-state index in [4.69, 9.17) is 0 Å². The van der Waals surface area contributed by atoms with Gasteiger partial charge in [-0.05, 0) is 23.8 Å². The van der Waals surface area contributed by atoms with Crippen LogP contribution >= 0.6 is 15.9 Å². The molecule has 126 valence electrons. The van der Waals surface area contributed by atoms with E-state index in [0.717, 1.165) is 20.9 Å². The van der Waals surface area contributed by atoms with Crippen LogP contribution in [0.15, 0.2) is 83.3 Å². The van der Waals surface area contributed by atoms with Gasteiger partial charge in [0.2, 0.25) is 11.6 Å². The zero-order chi connectivity index (χ0) is 18.1. The zero-order valence-corrected chi connectivity index (χ0v) is 15.3. The maximum atomic E-state index is 13.1. The molecule has 0 fully saturated rings. The summed E-state index contributed by atoms with van der Waals surface area (Å²) in [5.74, 6) is -1.02. The average Bonchev–Trinajstić information content (AvgIpc) is 3.06. The number of fused-ring (bicyclic) bond motifs is 1. The molecule has 26 heavy (non-hydrogen) atoms. The number of aromatic nitrogens is 1. The first-order chi connectivity index (χ1) is 12.6. The monoisotopic (exact) mass is 403 g/mol. The van der Waals surface area contributed by atoms with Gasteiger partial charge < -0.3 is 4.98 Å². The van der Waals surface area contributed by atoms with Crippen molar-refractivity contribution in [1.82, 2.24) is 4.98 Å². The lowest BCUT2D eigenvalue weighted by Gasteiger charge is -2.05. The molecule has 0 radical (unpaired) electrons. The molecule has 0 aliphatic heterocycles. The number of H-pyrrole nitrogens is 1. The highest BCUT2D eigenvalue weighted by Crippen LogP contribution is 2.33. The van der Waals surface area contributed by atoms with E-state index in [-0.39, 0.29) is 0 Å². The molecule has 0 atom stereocenters. The molecule has 1 aromatic heterocycles. The molecular formula is C22H14BrNO2. The molecule has 4 aromatic rings. The van der Waals surface area contributed by atoms with Crippen molar-refractivity contribution < 1.29 is 9.59 Å². The molecule has 0 unspecified atom stereocenters. The predicted octanol–water partition coefficient (Wildman–Crippen LogP) is 5.66. The van der Waals surface area contributed by atoms with Crippen LogP contribution in [-0.2, 0) is 0 Å². The molecule has 0 aliphatic rings. The Morgan fingerprint density at radius 2 is 1.42 bits per heavy atom. The summed E-state index contributed by atoms with van der Waals surface area (Å²) in [4.78, 5) is 29.2. The van der Waals surface area contributed by atoms with Crippen LogP contribution in [0.2, 0.25) is 0 Å². The van der Waals surface area contributed by atoms with E-state index < -0.39 is 11.6 Å². The van der Waals surface area contributed by atoms with Gasteiger partial charge in [0.15, 0.2) is 0 Å². The second-order valence-corrected chi connectivity index (χ2v) is 6.87. The van der Waals surface area contributed by atoms with Gasteiger partial charge in [-0.15, -0.1) is 0 Å². The molecule has 1 N–H and O–H groups in total. The molecule has 1 heterocycles. The SMILES string of the molecule is O=C(C(=O)c1c(-c2ccccc2)[nH]c2ccc(Br)cc12)c1ccccc1. The van der Waals surface area contributed by atoms with E-state index in [1.807, 2.05) is 54.6 Å². The van der Waals surface area contributed by atoms with Crippen LogP contribution in [-0.4, -0.2) is 16.6 Å². The second-order valence-electron chi connectivity index (χ2n) is 5.96. The van der Waals surface area contributed by atoms with Crippen molar-refractivity contribution in [2.45, 2.75) is 0 Å². The molecule has 0 amide bonds. The Labute approximate surface area is 158 Å². The Morgan fingerprint density at radius 3 is 2.12 bits per heavy atom. The fourth-order valence-corrected chi connectivity index (χ4v) is 3.42. The number of carbonyl (C=O) groups is 2. The molecule has 3 aromatic carbocycles. The molecule has 0 saturated heterocycles. The van der Waals surface area contributed by atoms with Gasteiger partial charge in [0.05, 0.1) is 11.3 Å². The number of hydrogen-bond acceptors (Lipinski definition) is 2. The van der Waals surface area contributed by atoms with Crippen LogP contribution < -0.4 is 0 Å². The number of aromatic amines is 1. The van der Waals surface area contributed by atoms with Crippen molar-refractivity contribution >= 4 is 38.4 Å². The number of halogens is 1. The van der Waals surface area contributed by atoms with Gasteiger partial charge in [-0.25, -0.2) is 0 Å². The van der Waals surface area contributed by atoms with Crippen LogP contribution in [0.5, 0.6) is 0 Å². The molecule has 0 saturated carbocycles. The summed E-state index contributed by atoms with van der Waals surface area (Å²) in [7, 11) is 0. The normalized spacial score (nSPS) is 10.8. The number of hydrogen-bond donors (Lipinski definition) is 1. The lowest BCUT2D eigenvalue weighted by molar-refractivity contribution is 0.0818. The minimum Gasteiger partial charge on any atom is -0.354 e. The van der Waals surface area contributed by atoms with Crippen molar-refractivity contribution in [3.63, 3.8) is 0 Å². The summed E-state index contributed by atoms with van der Waals surface area (Å²) in [6.45, 7) is 0. The van der Waals surface area contributed by atoms with E-state index in [1.54, 1.807) is 24.3 Å². The lowest BCUT2D eigenvalue weighted by Crippen LogP contribution is -2.15. The Hall–Kier alpha value is -2.98. The number of Topliss-reactive ketones (excluding diaryl/α,β-unsaturated/α-hetero) is 2. The number of benzene rings is 3. The molecule has 0 aliphatic carbocycles. The van der Waals surface area contributed by atoms with Crippen molar-refractivity contribution in [2.24, 2.45) is 0 Å².